The average molecular weight is 386 g/mol. The van der Waals surface area contributed by atoms with E-state index in [1.807, 2.05) is 0 Å². The van der Waals surface area contributed by atoms with Crippen molar-refractivity contribution in [1.29, 1.82) is 0 Å². The van der Waals surface area contributed by atoms with Crippen LogP contribution >= 0.6 is 0 Å². The van der Waals surface area contributed by atoms with Crippen LogP contribution in [-0.4, -0.2) is 73.3 Å². The lowest BCUT2D eigenvalue weighted by Gasteiger charge is -2.27. The van der Waals surface area contributed by atoms with E-state index in [1.54, 1.807) is 13.8 Å². The lowest BCUT2D eigenvalue weighted by molar-refractivity contribution is -0.193. The number of nitrogens with two attached hydrogens (primary N) is 1. The molecule has 0 aromatic heterocycles. The highest BCUT2D eigenvalue weighted by atomic mass is 16.8. The van der Waals surface area contributed by atoms with Crippen LogP contribution < -0.4 is 5.73 Å². The Balaban J connectivity index is 2.17. The largest absolute Gasteiger partial charge is 0.504 e. The van der Waals surface area contributed by atoms with Crippen LogP contribution in [0.2, 0.25) is 0 Å². The second kappa shape index (κ2) is 8.24. The van der Waals surface area contributed by atoms with E-state index in [9.17, 15) is 14.4 Å². The molecule has 2 rings (SSSR count). The van der Waals surface area contributed by atoms with E-state index in [1.165, 1.54) is 27.2 Å². The van der Waals surface area contributed by atoms with Gasteiger partial charge >= 0.3 is 12.0 Å². The number of nitrogens with zero attached hydrogens (tertiary/aromatic N) is 1. The van der Waals surface area contributed by atoms with Gasteiger partial charge in [0.1, 0.15) is 31.0 Å². The molecule has 0 spiro atoms. The van der Waals surface area contributed by atoms with Gasteiger partial charge in [-0.05, 0) is 20.8 Å². The first-order valence-electron chi connectivity index (χ1n) is 8.51. The van der Waals surface area contributed by atoms with Crippen LogP contribution in [0.4, 0.5) is 4.79 Å². The zero-order valence-corrected chi connectivity index (χ0v) is 16.1. The number of fused-ring (bicyclic) bond motifs is 1. The number of esters is 1. The Labute approximate surface area is 157 Å². The van der Waals surface area contributed by atoms with Crippen molar-refractivity contribution in [2.24, 2.45) is 5.73 Å². The number of primary amides is 1. The Kier molecular flexibility index (Phi) is 6.45. The summed E-state index contributed by atoms with van der Waals surface area (Å²) in [6.07, 6.45) is -1.12. The van der Waals surface area contributed by atoms with Crippen LogP contribution in [0.1, 0.15) is 27.7 Å². The van der Waals surface area contributed by atoms with Gasteiger partial charge in [-0.1, -0.05) is 0 Å². The van der Waals surface area contributed by atoms with Crippen molar-refractivity contribution in [3.8, 4) is 0 Å². The molecule has 2 heterocycles. The normalized spacial score (nSPS) is 29.1. The third-order valence-corrected chi connectivity index (χ3v) is 4.20. The van der Waals surface area contributed by atoms with Crippen LogP contribution in [0.25, 0.3) is 0 Å². The molecule has 0 bridgehead atoms. The van der Waals surface area contributed by atoms with Crippen molar-refractivity contribution in [1.82, 2.24) is 4.90 Å². The summed E-state index contributed by atoms with van der Waals surface area (Å²) in [5.41, 5.74) is 5.57. The van der Waals surface area contributed by atoms with E-state index in [4.69, 9.17) is 29.4 Å². The maximum absolute atomic E-state index is 12.5. The number of imide groups is 1. The first-order chi connectivity index (χ1) is 12.6. The number of urea groups is 1. The highest BCUT2D eigenvalue weighted by Gasteiger charge is 2.56. The Morgan fingerprint density at radius 2 is 1.74 bits per heavy atom. The number of ether oxygens (including phenoxy) is 5. The van der Waals surface area contributed by atoms with Gasteiger partial charge in [-0.2, -0.15) is 0 Å². The number of methoxy groups -OCH3 is 1. The Hall–Kier alpha value is -2.17. The fraction of sp³-hybridized carbons (Fsp3) is 0.706. The molecule has 152 valence electrons. The molecule has 4 atom stereocenters. The van der Waals surface area contributed by atoms with Crippen molar-refractivity contribution >= 4 is 17.9 Å². The molecule has 2 aliphatic heterocycles. The second-order valence-corrected chi connectivity index (χ2v) is 6.87. The maximum Gasteiger partial charge on any atom is 0.321 e. The number of hydrogen-bond acceptors (Lipinski definition) is 8. The highest BCUT2D eigenvalue weighted by molar-refractivity contribution is 6.02. The highest BCUT2D eigenvalue weighted by Crippen LogP contribution is 2.39. The third kappa shape index (κ3) is 4.96. The molecule has 10 nitrogen and oxygen atoms in total. The molecule has 0 aliphatic carbocycles. The molecule has 2 N–H and O–H groups in total. The maximum atomic E-state index is 12.5. The van der Waals surface area contributed by atoms with E-state index in [0.717, 1.165) is 4.90 Å². The van der Waals surface area contributed by atoms with Crippen molar-refractivity contribution in [3.05, 3.63) is 11.8 Å². The number of amides is 3. The van der Waals surface area contributed by atoms with Crippen molar-refractivity contribution in [3.63, 3.8) is 0 Å². The van der Waals surface area contributed by atoms with E-state index in [0.29, 0.717) is 0 Å². The molecule has 10 heteroatoms. The van der Waals surface area contributed by atoms with Gasteiger partial charge in [-0.3, -0.25) is 14.5 Å². The summed E-state index contributed by atoms with van der Waals surface area (Å²) < 4.78 is 27.4. The summed E-state index contributed by atoms with van der Waals surface area (Å²) in [7, 11) is 1.39. The van der Waals surface area contributed by atoms with Crippen molar-refractivity contribution < 1.29 is 38.1 Å². The summed E-state index contributed by atoms with van der Waals surface area (Å²) in [5, 5.41) is 0. The lowest BCUT2D eigenvalue weighted by Crippen LogP contribution is -2.48. The van der Waals surface area contributed by atoms with E-state index in [-0.39, 0.29) is 18.7 Å². The first kappa shape index (κ1) is 21.1. The van der Waals surface area contributed by atoms with Crippen LogP contribution in [-0.2, 0) is 33.3 Å². The monoisotopic (exact) mass is 386 g/mol. The van der Waals surface area contributed by atoms with Gasteiger partial charge in [0.25, 0.3) is 5.91 Å². The number of rotatable bonds is 6. The standard InChI is InChI=1S/C17H26N2O8/c1-9(7-23-5)15(21)19(16(18)22)6-11-13-14(27-17(3,4)26-13)12(25-11)8-24-10(2)20/h7,11-14H,6,8H2,1-5H3,(H2,18,22)/b9-7+/t11-,12+,13-,14+/m0/s1. The van der Waals surface area contributed by atoms with Gasteiger partial charge < -0.3 is 29.4 Å². The number of carbonyl (C=O) groups is 3. The Bertz CT molecular complexity index is 632. The van der Waals surface area contributed by atoms with Crippen molar-refractivity contribution in [2.75, 3.05) is 20.3 Å². The lowest BCUT2D eigenvalue weighted by atomic mass is 10.1. The first-order valence-corrected chi connectivity index (χ1v) is 8.51. The molecule has 3 amide bonds. The third-order valence-electron chi connectivity index (χ3n) is 4.20. The second-order valence-electron chi connectivity index (χ2n) is 6.87. The molecular weight excluding hydrogens is 360 g/mol. The SMILES string of the molecule is CO/C=C(\C)C(=O)N(C[C@@H]1O[C@H](COC(C)=O)[C@H]2OC(C)(C)O[C@H]21)C(N)=O. The average Bonchev–Trinajstić information content (AvgIpc) is 3.03. The van der Waals surface area contributed by atoms with Gasteiger partial charge in [0, 0.05) is 12.5 Å². The minimum Gasteiger partial charge on any atom is -0.504 e. The minimum atomic E-state index is -0.925. The summed E-state index contributed by atoms with van der Waals surface area (Å²) in [4.78, 5) is 36.2. The molecule has 0 aromatic carbocycles. The molecule has 0 aromatic rings. The molecular formula is C17H26N2O8. The van der Waals surface area contributed by atoms with E-state index >= 15 is 0 Å². The molecule has 2 saturated heterocycles. The van der Waals surface area contributed by atoms with Gasteiger partial charge in [0.2, 0.25) is 0 Å². The predicted octanol–water partition coefficient (Wildman–Crippen LogP) is 0.295. The van der Waals surface area contributed by atoms with Gasteiger partial charge in [0.05, 0.1) is 19.9 Å². The van der Waals surface area contributed by atoms with Gasteiger partial charge in [-0.15, -0.1) is 0 Å². The quantitative estimate of drug-likeness (QED) is 0.392. The number of hydrogen-bond donors (Lipinski definition) is 1. The molecule has 27 heavy (non-hydrogen) atoms. The van der Waals surface area contributed by atoms with Crippen LogP contribution in [0.3, 0.4) is 0 Å². The van der Waals surface area contributed by atoms with E-state index < -0.39 is 48.1 Å². The smallest absolute Gasteiger partial charge is 0.321 e. The van der Waals surface area contributed by atoms with Crippen LogP contribution in [0, 0.1) is 0 Å². The summed E-state index contributed by atoms with van der Waals surface area (Å²) >= 11 is 0. The topological polar surface area (TPSA) is 127 Å². The van der Waals surface area contributed by atoms with Gasteiger partial charge in [0.15, 0.2) is 5.79 Å². The van der Waals surface area contributed by atoms with Gasteiger partial charge in [-0.25, -0.2) is 4.79 Å². The Morgan fingerprint density at radius 3 is 2.26 bits per heavy atom. The summed E-state index contributed by atoms with van der Waals surface area (Å²) in [6, 6.07) is -0.925. The van der Waals surface area contributed by atoms with Crippen LogP contribution in [0.5, 0.6) is 0 Å². The fourth-order valence-corrected chi connectivity index (χ4v) is 3.15. The van der Waals surface area contributed by atoms with E-state index in [2.05, 4.69) is 0 Å². The van der Waals surface area contributed by atoms with Crippen LogP contribution in [0.15, 0.2) is 11.8 Å². The van der Waals surface area contributed by atoms with Crippen molar-refractivity contribution in [2.45, 2.75) is 57.9 Å². The Morgan fingerprint density at radius 1 is 1.15 bits per heavy atom. The number of carbonyl (C=O) groups excluding carboxylic acids is 3. The minimum absolute atomic E-state index is 0.0282. The molecule has 2 aliphatic rings. The molecule has 0 unspecified atom stereocenters. The zero-order chi connectivity index (χ0) is 20.4. The molecule has 0 radical (unpaired) electrons. The zero-order valence-electron chi connectivity index (χ0n) is 16.1. The predicted molar refractivity (Wildman–Crippen MR) is 91.2 cm³/mol. The molecule has 0 saturated carbocycles. The summed E-state index contributed by atoms with van der Waals surface area (Å²) in [5.74, 6) is -1.93. The fourth-order valence-electron chi connectivity index (χ4n) is 3.15. The molecule has 2 fully saturated rings. The summed E-state index contributed by atoms with van der Waals surface area (Å²) in [6.45, 7) is 6.11.